The molecule has 1 fully saturated rings. The van der Waals surface area contributed by atoms with Crippen molar-refractivity contribution in [3.05, 3.63) is 23.2 Å². The number of carbonyl (C=O) groups is 1. The number of nitrogens with one attached hydrogen (secondary N) is 1. The molecule has 0 bridgehead atoms. The summed E-state index contributed by atoms with van der Waals surface area (Å²) in [5.41, 5.74) is 7.13. The van der Waals surface area contributed by atoms with E-state index in [1.807, 2.05) is 25.1 Å². The highest BCUT2D eigenvalue weighted by atomic mass is 35.5. The van der Waals surface area contributed by atoms with Gasteiger partial charge in [0.15, 0.2) is 0 Å². The van der Waals surface area contributed by atoms with Crippen LogP contribution in [0.15, 0.2) is 18.2 Å². The Morgan fingerprint density at radius 2 is 2.18 bits per heavy atom. The maximum Gasteiger partial charge on any atom is 0.232 e. The molecule has 1 aliphatic heterocycles. The standard InChI is InChI=1S/C15H19N3O2S.ClH/c1-10-17-12-3-2-11(8-13(12)21-10)18-14(19)15(9-16)4-6-20-7-5-15;/h2-3,8H,4-7,9,16H2,1H3,(H,18,19);1H. The molecule has 1 aromatic heterocycles. The molecule has 0 radical (unpaired) electrons. The smallest absolute Gasteiger partial charge is 0.232 e. The van der Waals surface area contributed by atoms with E-state index in [0.29, 0.717) is 32.6 Å². The molecule has 1 aliphatic rings. The number of aryl methyl sites for hydroxylation is 1. The van der Waals surface area contributed by atoms with Gasteiger partial charge in [0, 0.05) is 25.4 Å². The lowest BCUT2D eigenvalue weighted by Gasteiger charge is -2.34. The molecule has 0 atom stereocenters. The van der Waals surface area contributed by atoms with Gasteiger partial charge >= 0.3 is 0 Å². The Bertz CT molecular complexity index is 668. The fraction of sp³-hybridized carbons (Fsp3) is 0.467. The van der Waals surface area contributed by atoms with Gasteiger partial charge in [0.05, 0.1) is 20.6 Å². The topological polar surface area (TPSA) is 77.2 Å². The Balaban J connectivity index is 0.00000176. The van der Waals surface area contributed by atoms with Gasteiger partial charge in [-0.15, -0.1) is 23.7 Å². The van der Waals surface area contributed by atoms with Crippen LogP contribution in [0.1, 0.15) is 17.8 Å². The molecular formula is C15H20ClN3O2S. The summed E-state index contributed by atoms with van der Waals surface area (Å²) in [5.74, 6) is -0.00566. The monoisotopic (exact) mass is 341 g/mol. The lowest BCUT2D eigenvalue weighted by molar-refractivity contribution is -0.130. The first kappa shape index (κ1) is 17.1. The molecule has 0 unspecified atom stereocenters. The summed E-state index contributed by atoms with van der Waals surface area (Å²) in [5, 5.41) is 4.03. The fourth-order valence-corrected chi connectivity index (χ4v) is 3.53. The van der Waals surface area contributed by atoms with Crippen LogP contribution in [0.3, 0.4) is 0 Å². The average Bonchev–Trinajstić information content (AvgIpc) is 2.87. The zero-order valence-electron chi connectivity index (χ0n) is 12.4. The van der Waals surface area contributed by atoms with Crippen LogP contribution in [0.4, 0.5) is 5.69 Å². The van der Waals surface area contributed by atoms with E-state index >= 15 is 0 Å². The minimum Gasteiger partial charge on any atom is -0.381 e. The van der Waals surface area contributed by atoms with E-state index in [1.54, 1.807) is 11.3 Å². The number of anilines is 1. The van der Waals surface area contributed by atoms with Crippen molar-refractivity contribution < 1.29 is 9.53 Å². The molecule has 5 nitrogen and oxygen atoms in total. The molecule has 3 N–H and O–H groups in total. The SMILES string of the molecule is Cc1nc2ccc(NC(=O)C3(CN)CCOCC3)cc2s1.Cl. The highest BCUT2D eigenvalue weighted by Gasteiger charge is 2.38. The minimum absolute atomic E-state index is 0. The number of carbonyl (C=O) groups excluding carboxylic acids is 1. The lowest BCUT2D eigenvalue weighted by Crippen LogP contribution is -2.46. The number of nitrogens with zero attached hydrogens (tertiary/aromatic N) is 1. The average molecular weight is 342 g/mol. The molecule has 0 aliphatic carbocycles. The van der Waals surface area contributed by atoms with Gasteiger partial charge in [0.1, 0.15) is 0 Å². The summed E-state index contributed by atoms with van der Waals surface area (Å²) in [6, 6.07) is 5.80. The summed E-state index contributed by atoms with van der Waals surface area (Å²) in [4.78, 5) is 17.0. The van der Waals surface area contributed by atoms with Crippen LogP contribution < -0.4 is 11.1 Å². The van der Waals surface area contributed by atoms with Crippen molar-refractivity contribution >= 4 is 45.6 Å². The summed E-state index contributed by atoms with van der Waals surface area (Å²) in [6.07, 6.45) is 1.36. The van der Waals surface area contributed by atoms with Gasteiger partial charge < -0.3 is 15.8 Å². The van der Waals surface area contributed by atoms with Gasteiger partial charge in [-0.25, -0.2) is 4.98 Å². The number of rotatable bonds is 3. The number of fused-ring (bicyclic) bond motifs is 1. The van der Waals surface area contributed by atoms with E-state index < -0.39 is 5.41 Å². The van der Waals surface area contributed by atoms with Crippen LogP contribution in [0.5, 0.6) is 0 Å². The molecule has 0 saturated carbocycles. The van der Waals surface area contributed by atoms with Gasteiger partial charge in [-0.05, 0) is 38.0 Å². The van der Waals surface area contributed by atoms with Crippen LogP contribution in [0.25, 0.3) is 10.2 Å². The Morgan fingerprint density at radius 3 is 2.86 bits per heavy atom. The second-order valence-electron chi connectivity index (χ2n) is 5.47. The first-order valence-electron chi connectivity index (χ1n) is 7.09. The third kappa shape index (κ3) is 3.25. The van der Waals surface area contributed by atoms with Crippen LogP contribution in [0.2, 0.25) is 0 Å². The van der Waals surface area contributed by atoms with Gasteiger partial charge in [-0.1, -0.05) is 0 Å². The number of benzene rings is 1. The largest absolute Gasteiger partial charge is 0.381 e. The first-order chi connectivity index (χ1) is 10.1. The van der Waals surface area contributed by atoms with Gasteiger partial charge in [-0.3, -0.25) is 4.79 Å². The lowest BCUT2D eigenvalue weighted by atomic mass is 9.79. The summed E-state index contributed by atoms with van der Waals surface area (Å²) in [7, 11) is 0. The van der Waals surface area contributed by atoms with Crippen LogP contribution in [0, 0.1) is 12.3 Å². The molecule has 2 aromatic rings. The molecule has 3 rings (SSSR count). The second-order valence-corrected chi connectivity index (χ2v) is 6.70. The van der Waals surface area contributed by atoms with Crippen LogP contribution in [-0.4, -0.2) is 30.6 Å². The molecule has 1 saturated heterocycles. The maximum atomic E-state index is 12.6. The van der Waals surface area contributed by atoms with Crippen LogP contribution >= 0.6 is 23.7 Å². The third-order valence-electron chi connectivity index (χ3n) is 4.08. The van der Waals surface area contributed by atoms with Crippen molar-refractivity contribution in [2.75, 3.05) is 25.1 Å². The predicted octanol–water partition coefficient (Wildman–Crippen LogP) is 2.72. The summed E-state index contributed by atoms with van der Waals surface area (Å²) >= 11 is 1.63. The molecule has 1 aromatic carbocycles. The Labute approximate surface area is 139 Å². The molecule has 120 valence electrons. The summed E-state index contributed by atoms with van der Waals surface area (Å²) < 4.78 is 6.43. The van der Waals surface area contributed by atoms with E-state index in [0.717, 1.165) is 20.9 Å². The zero-order chi connectivity index (χ0) is 14.9. The molecule has 2 heterocycles. The summed E-state index contributed by atoms with van der Waals surface area (Å²) in [6.45, 7) is 3.52. The first-order valence-corrected chi connectivity index (χ1v) is 7.91. The van der Waals surface area contributed by atoms with Crippen molar-refractivity contribution in [2.24, 2.45) is 11.1 Å². The van der Waals surface area contributed by atoms with Crippen LogP contribution in [-0.2, 0) is 9.53 Å². The van der Waals surface area contributed by atoms with E-state index in [2.05, 4.69) is 10.3 Å². The van der Waals surface area contributed by atoms with Crippen molar-refractivity contribution in [3.8, 4) is 0 Å². The molecule has 1 amide bonds. The Morgan fingerprint density at radius 1 is 1.45 bits per heavy atom. The number of ether oxygens (including phenoxy) is 1. The number of hydrogen-bond acceptors (Lipinski definition) is 5. The van der Waals surface area contributed by atoms with E-state index in [9.17, 15) is 4.79 Å². The van der Waals surface area contributed by atoms with Crippen molar-refractivity contribution in [3.63, 3.8) is 0 Å². The van der Waals surface area contributed by atoms with Gasteiger partial charge in [0.2, 0.25) is 5.91 Å². The Kier molecular flexibility index (Phi) is 5.39. The predicted molar refractivity (Wildman–Crippen MR) is 91.8 cm³/mol. The number of aromatic nitrogens is 1. The highest BCUT2D eigenvalue weighted by molar-refractivity contribution is 7.18. The van der Waals surface area contributed by atoms with Gasteiger partial charge in [-0.2, -0.15) is 0 Å². The van der Waals surface area contributed by atoms with Crippen molar-refractivity contribution in [1.29, 1.82) is 0 Å². The maximum absolute atomic E-state index is 12.6. The number of halogens is 1. The fourth-order valence-electron chi connectivity index (χ4n) is 2.67. The minimum atomic E-state index is -0.503. The quantitative estimate of drug-likeness (QED) is 0.899. The van der Waals surface area contributed by atoms with Gasteiger partial charge in [0.25, 0.3) is 0 Å². The molecular weight excluding hydrogens is 322 g/mol. The zero-order valence-corrected chi connectivity index (χ0v) is 14.1. The third-order valence-corrected chi connectivity index (χ3v) is 5.01. The van der Waals surface area contributed by atoms with E-state index in [4.69, 9.17) is 10.5 Å². The van der Waals surface area contributed by atoms with E-state index in [-0.39, 0.29) is 18.3 Å². The highest BCUT2D eigenvalue weighted by Crippen LogP contribution is 2.32. The molecule has 22 heavy (non-hydrogen) atoms. The molecule has 0 spiro atoms. The van der Waals surface area contributed by atoms with E-state index in [1.165, 1.54) is 0 Å². The number of amides is 1. The number of hydrogen-bond donors (Lipinski definition) is 2. The number of nitrogens with two attached hydrogens (primary N) is 1. The van der Waals surface area contributed by atoms with Crippen molar-refractivity contribution in [2.45, 2.75) is 19.8 Å². The molecule has 7 heteroatoms. The second kappa shape index (κ2) is 6.91. The van der Waals surface area contributed by atoms with Crippen molar-refractivity contribution in [1.82, 2.24) is 4.98 Å². The number of thiazole rings is 1. The Hall–Kier alpha value is -1.21. The normalized spacial score (nSPS) is 17.0.